The van der Waals surface area contributed by atoms with Gasteiger partial charge in [0.1, 0.15) is 0 Å². The van der Waals surface area contributed by atoms with Gasteiger partial charge in [-0.25, -0.2) is 0 Å². The summed E-state index contributed by atoms with van der Waals surface area (Å²) in [6, 6.07) is 2.13. The molecule has 1 aliphatic rings. The lowest BCUT2D eigenvalue weighted by Gasteiger charge is -2.18. The first kappa shape index (κ1) is 23.3. The van der Waals surface area contributed by atoms with Crippen LogP contribution in [0.15, 0.2) is 34.8 Å². The second-order valence-electron chi connectivity index (χ2n) is 7.57. The number of carboxylic acid groups (broad SMARTS) is 1. The fraction of sp³-hybridized carbons (Fsp3) is 0.591. The first-order valence-electron chi connectivity index (χ1n) is 10.0. The van der Waals surface area contributed by atoms with Crippen LogP contribution in [0.1, 0.15) is 54.7 Å². The molecule has 4 atom stereocenters. The molecular weight excluding hydrogens is 440 g/mol. The van der Waals surface area contributed by atoms with Gasteiger partial charge < -0.3 is 15.3 Å². The molecule has 0 radical (unpaired) electrons. The predicted molar refractivity (Wildman–Crippen MR) is 118 cm³/mol. The van der Waals surface area contributed by atoms with E-state index in [0.29, 0.717) is 12.8 Å². The zero-order chi connectivity index (χ0) is 20.5. The highest BCUT2D eigenvalue weighted by atomic mass is 79.9. The molecule has 1 fully saturated rings. The molecule has 1 unspecified atom stereocenters. The molecule has 1 saturated carbocycles. The molecular formula is C22H31BrO4S. The van der Waals surface area contributed by atoms with Crippen LogP contribution in [0.3, 0.4) is 0 Å². The Morgan fingerprint density at radius 2 is 2.18 bits per heavy atom. The Hall–Kier alpha value is -0.950. The molecule has 0 saturated heterocycles. The summed E-state index contributed by atoms with van der Waals surface area (Å²) in [4.78, 5) is 13.1. The summed E-state index contributed by atoms with van der Waals surface area (Å²) < 4.78 is 1.14. The molecule has 1 aliphatic carbocycles. The summed E-state index contributed by atoms with van der Waals surface area (Å²) in [6.45, 7) is 2.08. The number of aliphatic hydroxyl groups is 2. The standard InChI is InChI=1S/C22H31BrO4S/c1-15-20(23)14-18(28-15)12-11-17(24)10-8-16-9-13-21(25)19(16)6-4-2-3-5-7-22(26)27/h2,4,8,10,14,16-17,19,21,24-25H,3,5-7,9,11-13H2,1H3,(H,26,27)/b4-2-,10-8?/t16-,17+,19+,21?/m0/s1. The van der Waals surface area contributed by atoms with E-state index in [-0.39, 0.29) is 24.4 Å². The number of carboxylic acids is 1. The molecule has 0 spiro atoms. The number of carbonyl (C=O) groups is 1. The topological polar surface area (TPSA) is 77.8 Å². The summed E-state index contributed by atoms with van der Waals surface area (Å²) in [5.41, 5.74) is 0. The Labute approximate surface area is 180 Å². The summed E-state index contributed by atoms with van der Waals surface area (Å²) in [7, 11) is 0. The number of unbranched alkanes of at least 4 members (excludes halogenated alkanes) is 1. The van der Waals surface area contributed by atoms with Gasteiger partial charge in [-0.3, -0.25) is 4.79 Å². The molecule has 1 aromatic rings. The van der Waals surface area contributed by atoms with E-state index in [0.717, 1.165) is 36.6 Å². The summed E-state index contributed by atoms with van der Waals surface area (Å²) >= 11 is 5.29. The number of aliphatic carboxylic acids is 1. The van der Waals surface area contributed by atoms with Crippen LogP contribution in [0.4, 0.5) is 0 Å². The lowest BCUT2D eigenvalue weighted by Crippen LogP contribution is -2.17. The Morgan fingerprint density at radius 3 is 2.86 bits per heavy atom. The number of rotatable bonds is 11. The lowest BCUT2D eigenvalue weighted by atomic mass is 9.90. The van der Waals surface area contributed by atoms with Crippen LogP contribution in [0.2, 0.25) is 0 Å². The van der Waals surface area contributed by atoms with E-state index in [4.69, 9.17) is 5.11 Å². The van der Waals surface area contributed by atoms with Gasteiger partial charge in [0.05, 0.1) is 12.2 Å². The highest BCUT2D eigenvalue weighted by molar-refractivity contribution is 9.10. The minimum Gasteiger partial charge on any atom is -0.481 e. The maximum Gasteiger partial charge on any atom is 0.303 e. The van der Waals surface area contributed by atoms with Crippen molar-refractivity contribution in [2.75, 3.05) is 0 Å². The van der Waals surface area contributed by atoms with Crippen LogP contribution in [-0.4, -0.2) is 33.5 Å². The van der Waals surface area contributed by atoms with Crippen molar-refractivity contribution in [3.05, 3.63) is 44.6 Å². The second-order valence-corrected chi connectivity index (χ2v) is 9.77. The highest BCUT2D eigenvalue weighted by Crippen LogP contribution is 2.36. The van der Waals surface area contributed by atoms with Gasteiger partial charge in [0.25, 0.3) is 0 Å². The van der Waals surface area contributed by atoms with E-state index < -0.39 is 12.1 Å². The van der Waals surface area contributed by atoms with E-state index in [1.807, 2.05) is 12.2 Å². The number of aryl methyl sites for hydroxylation is 2. The molecule has 1 aromatic heterocycles. The third kappa shape index (κ3) is 7.82. The number of hydrogen-bond acceptors (Lipinski definition) is 4. The fourth-order valence-corrected chi connectivity index (χ4v) is 5.31. The van der Waals surface area contributed by atoms with Crippen LogP contribution in [0, 0.1) is 18.8 Å². The zero-order valence-electron chi connectivity index (χ0n) is 16.4. The van der Waals surface area contributed by atoms with Crippen LogP contribution < -0.4 is 0 Å². The molecule has 4 nitrogen and oxygen atoms in total. The van der Waals surface area contributed by atoms with E-state index in [1.54, 1.807) is 11.3 Å². The SMILES string of the molecule is Cc1sc(CC[C@H](O)C=C[C@H]2CCC(O)[C@@H]2C/C=C\CCCC(=O)O)cc1Br. The molecule has 0 aromatic carbocycles. The Bertz CT molecular complexity index is 663. The number of allylic oxidation sites excluding steroid dienone is 3. The van der Waals surface area contributed by atoms with Crippen LogP contribution >= 0.6 is 27.3 Å². The molecule has 3 N–H and O–H groups in total. The van der Waals surface area contributed by atoms with E-state index in [1.165, 1.54) is 9.75 Å². The molecule has 156 valence electrons. The van der Waals surface area contributed by atoms with E-state index >= 15 is 0 Å². The van der Waals surface area contributed by atoms with Gasteiger partial charge in [-0.15, -0.1) is 11.3 Å². The Balaban J connectivity index is 1.76. The van der Waals surface area contributed by atoms with Gasteiger partial charge in [0.2, 0.25) is 0 Å². The van der Waals surface area contributed by atoms with Gasteiger partial charge in [-0.2, -0.15) is 0 Å². The minimum absolute atomic E-state index is 0.176. The van der Waals surface area contributed by atoms with Gasteiger partial charge in [0, 0.05) is 20.6 Å². The zero-order valence-corrected chi connectivity index (χ0v) is 18.8. The molecule has 28 heavy (non-hydrogen) atoms. The molecule has 2 rings (SSSR count). The van der Waals surface area contributed by atoms with Crippen molar-refractivity contribution in [1.29, 1.82) is 0 Å². The van der Waals surface area contributed by atoms with Crippen molar-refractivity contribution >= 4 is 33.2 Å². The molecule has 0 amide bonds. The smallest absolute Gasteiger partial charge is 0.303 e. The maximum absolute atomic E-state index is 10.5. The van der Waals surface area contributed by atoms with Gasteiger partial charge in [-0.05, 0) is 85.7 Å². The monoisotopic (exact) mass is 470 g/mol. The van der Waals surface area contributed by atoms with Crippen molar-refractivity contribution < 1.29 is 20.1 Å². The van der Waals surface area contributed by atoms with Gasteiger partial charge in [-0.1, -0.05) is 24.3 Å². The van der Waals surface area contributed by atoms with Gasteiger partial charge in [0.15, 0.2) is 0 Å². The summed E-state index contributed by atoms with van der Waals surface area (Å²) in [5, 5.41) is 29.2. The highest BCUT2D eigenvalue weighted by Gasteiger charge is 2.32. The molecule has 0 aliphatic heterocycles. The van der Waals surface area contributed by atoms with Crippen LogP contribution in [-0.2, 0) is 11.2 Å². The van der Waals surface area contributed by atoms with Crippen molar-refractivity contribution in [1.82, 2.24) is 0 Å². The third-order valence-corrected chi connectivity index (χ3v) is 7.55. The average molecular weight is 471 g/mol. The van der Waals surface area contributed by atoms with E-state index in [9.17, 15) is 15.0 Å². The fourth-order valence-electron chi connectivity index (χ4n) is 3.69. The quantitative estimate of drug-likeness (QED) is 0.304. The van der Waals surface area contributed by atoms with Crippen LogP contribution in [0.5, 0.6) is 0 Å². The van der Waals surface area contributed by atoms with E-state index in [2.05, 4.69) is 41.1 Å². The number of thiophene rings is 1. The first-order chi connectivity index (χ1) is 13.4. The minimum atomic E-state index is -0.759. The Kier molecular flexibility index (Phi) is 9.92. The lowest BCUT2D eigenvalue weighted by molar-refractivity contribution is -0.137. The number of aliphatic hydroxyl groups excluding tert-OH is 2. The van der Waals surface area contributed by atoms with Gasteiger partial charge >= 0.3 is 5.97 Å². The Morgan fingerprint density at radius 1 is 1.39 bits per heavy atom. The second kappa shape index (κ2) is 11.9. The molecule has 1 heterocycles. The third-order valence-electron chi connectivity index (χ3n) is 5.35. The molecule has 0 bridgehead atoms. The predicted octanol–water partition coefficient (Wildman–Crippen LogP) is 5.26. The number of hydrogen-bond donors (Lipinski definition) is 3. The summed E-state index contributed by atoms with van der Waals surface area (Å²) in [5.74, 6) is -0.299. The average Bonchev–Trinajstić information content (AvgIpc) is 3.16. The van der Waals surface area contributed by atoms with Crippen LogP contribution in [0.25, 0.3) is 0 Å². The van der Waals surface area contributed by atoms with Crippen molar-refractivity contribution in [3.8, 4) is 0 Å². The largest absolute Gasteiger partial charge is 0.481 e. The maximum atomic E-state index is 10.5. The summed E-state index contributed by atoms with van der Waals surface area (Å²) in [6.07, 6.45) is 13.0. The normalized spacial score (nSPS) is 23.8. The first-order valence-corrected chi connectivity index (χ1v) is 11.6. The van der Waals surface area contributed by atoms with Crippen molar-refractivity contribution in [2.45, 2.75) is 70.5 Å². The number of halogens is 1. The van der Waals surface area contributed by atoms with Crippen molar-refractivity contribution in [3.63, 3.8) is 0 Å². The van der Waals surface area contributed by atoms with Crippen molar-refractivity contribution in [2.24, 2.45) is 11.8 Å². The molecule has 6 heteroatoms.